The van der Waals surface area contributed by atoms with Gasteiger partial charge in [0.1, 0.15) is 5.82 Å². The van der Waals surface area contributed by atoms with Crippen molar-refractivity contribution in [2.24, 2.45) is 5.92 Å². The Kier molecular flexibility index (Phi) is 5.42. The van der Waals surface area contributed by atoms with Gasteiger partial charge in [0.15, 0.2) is 11.3 Å². The number of nitrogens with zero attached hydrogens (tertiary/aromatic N) is 5. The van der Waals surface area contributed by atoms with E-state index in [1.165, 1.54) is 6.92 Å². The van der Waals surface area contributed by atoms with Crippen molar-refractivity contribution in [1.82, 2.24) is 29.5 Å². The first kappa shape index (κ1) is 20.6. The molecule has 162 valence electrons. The van der Waals surface area contributed by atoms with Crippen LogP contribution < -0.4 is 0 Å². The van der Waals surface area contributed by atoms with Crippen LogP contribution in [0.1, 0.15) is 57.7 Å². The average molecular weight is 422 g/mol. The van der Waals surface area contributed by atoms with Crippen molar-refractivity contribution < 1.29 is 18.0 Å². The molecule has 4 rings (SSSR count). The highest BCUT2D eigenvalue weighted by Crippen LogP contribution is 2.43. The maximum Gasteiger partial charge on any atom is 0.389 e. The normalized spacial score (nSPS) is 22.2. The number of aromatic amines is 1. The van der Waals surface area contributed by atoms with Crippen LogP contribution in [0.3, 0.4) is 0 Å². The van der Waals surface area contributed by atoms with Gasteiger partial charge in [-0.3, -0.25) is 9.20 Å². The lowest BCUT2D eigenvalue weighted by atomic mass is 9.93. The predicted octanol–water partition coefficient (Wildman–Crippen LogP) is 4.07. The summed E-state index contributed by atoms with van der Waals surface area (Å²) >= 11 is 0. The van der Waals surface area contributed by atoms with Gasteiger partial charge in [0.05, 0.1) is 11.7 Å². The molecule has 0 aliphatic heterocycles. The van der Waals surface area contributed by atoms with Gasteiger partial charge in [-0.1, -0.05) is 13.3 Å². The molecule has 1 amide bonds. The minimum absolute atomic E-state index is 0.0694. The minimum Gasteiger partial charge on any atom is -0.345 e. The molecule has 1 aliphatic carbocycles. The Morgan fingerprint density at radius 3 is 2.83 bits per heavy atom. The fourth-order valence-electron chi connectivity index (χ4n) is 4.80. The molecule has 0 spiro atoms. The van der Waals surface area contributed by atoms with Crippen LogP contribution in [0.5, 0.6) is 0 Å². The highest BCUT2D eigenvalue weighted by molar-refractivity contribution is 5.74. The van der Waals surface area contributed by atoms with Crippen LogP contribution in [0, 0.1) is 5.92 Å². The summed E-state index contributed by atoms with van der Waals surface area (Å²) in [5, 5.41) is 8.72. The number of amides is 1. The Balaban J connectivity index is 1.60. The van der Waals surface area contributed by atoms with Crippen molar-refractivity contribution in [1.29, 1.82) is 0 Å². The van der Waals surface area contributed by atoms with E-state index in [1.807, 2.05) is 16.7 Å². The van der Waals surface area contributed by atoms with E-state index < -0.39 is 12.6 Å². The summed E-state index contributed by atoms with van der Waals surface area (Å²) in [4.78, 5) is 21.3. The summed E-state index contributed by atoms with van der Waals surface area (Å²) in [6.07, 6.45) is 0.633. The Hall–Kier alpha value is -2.65. The van der Waals surface area contributed by atoms with Crippen LogP contribution in [0.25, 0.3) is 16.8 Å². The minimum atomic E-state index is -4.21. The van der Waals surface area contributed by atoms with E-state index in [1.54, 1.807) is 11.1 Å². The fourth-order valence-corrected chi connectivity index (χ4v) is 4.80. The second kappa shape index (κ2) is 7.88. The quantitative estimate of drug-likeness (QED) is 0.650. The van der Waals surface area contributed by atoms with Crippen LogP contribution in [-0.2, 0) is 4.79 Å². The maximum atomic E-state index is 12.6. The van der Waals surface area contributed by atoms with E-state index in [0.29, 0.717) is 12.1 Å². The number of hydrogen-bond acceptors (Lipinski definition) is 4. The van der Waals surface area contributed by atoms with Gasteiger partial charge in [0.2, 0.25) is 5.91 Å². The number of carbonyl (C=O) groups excluding carboxylic acids is 1. The number of halogens is 3. The zero-order valence-electron chi connectivity index (χ0n) is 17.0. The Morgan fingerprint density at radius 1 is 1.33 bits per heavy atom. The zero-order valence-corrected chi connectivity index (χ0v) is 17.0. The van der Waals surface area contributed by atoms with Crippen LogP contribution in [0.15, 0.2) is 18.5 Å². The fraction of sp³-hybridized carbons (Fsp3) is 0.600. The Bertz CT molecular complexity index is 1040. The van der Waals surface area contributed by atoms with Gasteiger partial charge in [0.25, 0.3) is 0 Å². The molecule has 3 atom stereocenters. The van der Waals surface area contributed by atoms with Crippen molar-refractivity contribution in [2.45, 2.75) is 64.1 Å². The lowest BCUT2D eigenvalue weighted by molar-refractivity contribution is -0.141. The second-order valence-electron chi connectivity index (χ2n) is 8.05. The molecule has 3 aromatic rings. The second-order valence-corrected chi connectivity index (χ2v) is 8.05. The van der Waals surface area contributed by atoms with Crippen LogP contribution >= 0.6 is 0 Å². The van der Waals surface area contributed by atoms with Gasteiger partial charge in [-0.15, -0.1) is 10.2 Å². The third-order valence-corrected chi connectivity index (χ3v) is 6.20. The highest BCUT2D eigenvalue weighted by atomic mass is 19.4. The summed E-state index contributed by atoms with van der Waals surface area (Å²) in [6, 6.07) is 1.83. The molecule has 7 nitrogen and oxygen atoms in total. The van der Waals surface area contributed by atoms with Crippen molar-refractivity contribution in [3.05, 3.63) is 24.3 Å². The first-order valence-corrected chi connectivity index (χ1v) is 10.3. The number of alkyl halides is 3. The molecule has 1 N–H and O–H groups in total. The zero-order chi connectivity index (χ0) is 21.5. The van der Waals surface area contributed by atoms with Gasteiger partial charge in [0, 0.05) is 38.0 Å². The third-order valence-electron chi connectivity index (χ3n) is 6.20. The van der Waals surface area contributed by atoms with Crippen LogP contribution in [-0.4, -0.2) is 54.1 Å². The van der Waals surface area contributed by atoms with Crippen LogP contribution in [0.4, 0.5) is 13.2 Å². The molecule has 30 heavy (non-hydrogen) atoms. The number of nitrogens with one attached hydrogen (secondary N) is 1. The standard InChI is InChI=1S/C20H25F3N6O/c1-3-13-9-14(28(12(2)30)8-4-6-20(21,22)23)10-15(13)19-27-26-17-11-25-18-16(29(17)19)5-7-24-18/h5,7,11,13-15,24H,3-4,6,8-10H2,1-2H3/t13-,14+,15+/m1/s1. The van der Waals surface area contributed by atoms with Crippen molar-refractivity contribution >= 4 is 22.7 Å². The highest BCUT2D eigenvalue weighted by Gasteiger charge is 2.40. The molecule has 10 heteroatoms. The average Bonchev–Trinajstić information content (AvgIpc) is 3.39. The molecule has 3 aromatic heterocycles. The predicted molar refractivity (Wildman–Crippen MR) is 105 cm³/mol. The number of carbonyl (C=O) groups is 1. The van der Waals surface area contributed by atoms with E-state index in [-0.39, 0.29) is 36.8 Å². The van der Waals surface area contributed by atoms with Gasteiger partial charge < -0.3 is 9.88 Å². The number of hydrogen-bond donors (Lipinski definition) is 1. The van der Waals surface area contributed by atoms with E-state index >= 15 is 0 Å². The molecule has 0 radical (unpaired) electrons. The topological polar surface area (TPSA) is 79.2 Å². The van der Waals surface area contributed by atoms with E-state index in [2.05, 4.69) is 27.1 Å². The molecule has 1 aliphatic rings. The SMILES string of the molecule is CC[C@@H]1C[C@H](N(CCCC(F)(F)F)C(C)=O)C[C@@H]1c1nnc2cnc3[nH]ccc3n12. The molecule has 1 saturated carbocycles. The molecular formula is C20H25F3N6O. The van der Waals surface area contributed by atoms with E-state index in [0.717, 1.165) is 29.8 Å². The molecule has 0 saturated heterocycles. The first-order chi connectivity index (χ1) is 14.3. The van der Waals surface area contributed by atoms with E-state index in [4.69, 9.17) is 0 Å². The Labute approximate surface area is 171 Å². The maximum absolute atomic E-state index is 12.6. The lowest BCUT2D eigenvalue weighted by Crippen LogP contribution is -2.38. The van der Waals surface area contributed by atoms with Crippen molar-refractivity contribution in [3.63, 3.8) is 0 Å². The van der Waals surface area contributed by atoms with Crippen LogP contribution in [0.2, 0.25) is 0 Å². The lowest BCUT2D eigenvalue weighted by Gasteiger charge is -2.28. The smallest absolute Gasteiger partial charge is 0.345 e. The Morgan fingerprint density at radius 2 is 2.13 bits per heavy atom. The summed E-state index contributed by atoms with van der Waals surface area (Å²) in [5.41, 5.74) is 2.28. The molecular weight excluding hydrogens is 397 g/mol. The molecule has 0 aromatic carbocycles. The summed E-state index contributed by atoms with van der Waals surface area (Å²) in [7, 11) is 0. The van der Waals surface area contributed by atoms with Crippen molar-refractivity contribution in [2.75, 3.05) is 6.54 Å². The van der Waals surface area contributed by atoms with Crippen molar-refractivity contribution in [3.8, 4) is 0 Å². The molecule has 0 unspecified atom stereocenters. The molecule has 1 fully saturated rings. The monoisotopic (exact) mass is 422 g/mol. The number of fused-ring (bicyclic) bond motifs is 3. The number of aromatic nitrogens is 5. The summed E-state index contributed by atoms with van der Waals surface area (Å²) in [6.45, 7) is 3.65. The first-order valence-electron chi connectivity index (χ1n) is 10.3. The van der Waals surface area contributed by atoms with Gasteiger partial charge in [-0.05, 0) is 31.2 Å². The number of H-pyrrole nitrogens is 1. The molecule has 0 bridgehead atoms. The summed E-state index contributed by atoms with van der Waals surface area (Å²) < 4.78 is 39.7. The third kappa shape index (κ3) is 3.87. The van der Waals surface area contributed by atoms with Gasteiger partial charge in [-0.2, -0.15) is 13.2 Å². The largest absolute Gasteiger partial charge is 0.389 e. The summed E-state index contributed by atoms with van der Waals surface area (Å²) in [5.74, 6) is 0.986. The van der Waals surface area contributed by atoms with Gasteiger partial charge in [-0.25, -0.2) is 4.98 Å². The molecule has 3 heterocycles. The number of rotatable bonds is 6. The van der Waals surface area contributed by atoms with Gasteiger partial charge >= 0.3 is 6.18 Å². The van der Waals surface area contributed by atoms with E-state index in [9.17, 15) is 18.0 Å².